The van der Waals surface area contributed by atoms with E-state index in [1.165, 1.54) is 0 Å². The molecule has 3 rings (SSSR count). The summed E-state index contributed by atoms with van der Waals surface area (Å²) < 4.78 is 5.20. The first kappa shape index (κ1) is 32.2. The van der Waals surface area contributed by atoms with Crippen molar-refractivity contribution in [1.29, 1.82) is 0 Å². The van der Waals surface area contributed by atoms with Crippen LogP contribution in [0.1, 0.15) is 57.1 Å². The largest absolute Gasteiger partial charge is 0.481 e. The van der Waals surface area contributed by atoms with Crippen LogP contribution in [-0.4, -0.2) is 53.1 Å². The molecule has 2 aromatic carbocycles. The minimum Gasteiger partial charge on any atom is -0.481 e. The number of unbranched alkanes of at least 4 members (excludes halogenated alkanes) is 2. The van der Waals surface area contributed by atoms with Crippen LogP contribution in [0.2, 0.25) is 0 Å². The summed E-state index contributed by atoms with van der Waals surface area (Å²) in [6.07, 6.45) is 3.92. The average Bonchev–Trinajstić information content (AvgIpc) is 3.37. The molecule has 0 aliphatic heterocycles. The van der Waals surface area contributed by atoms with Crippen molar-refractivity contribution in [3.63, 3.8) is 0 Å². The van der Waals surface area contributed by atoms with Crippen molar-refractivity contribution >= 4 is 34.8 Å². The number of carboxylic acid groups (broad SMARTS) is 1. The summed E-state index contributed by atoms with van der Waals surface area (Å²) in [5.74, 6) is -2.41. The third kappa shape index (κ3) is 10.9. The Kier molecular flexibility index (Phi) is 12.9. The number of carboxylic acids is 1. The lowest BCUT2D eigenvalue weighted by atomic mass is 9.92. The lowest BCUT2D eigenvalue weighted by Gasteiger charge is -2.23. The lowest BCUT2D eigenvalue weighted by Crippen LogP contribution is -2.50. The third-order valence-corrected chi connectivity index (χ3v) is 6.91. The predicted octanol–water partition coefficient (Wildman–Crippen LogP) is 4.55. The first-order valence-corrected chi connectivity index (χ1v) is 14.5. The highest BCUT2D eigenvalue weighted by molar-refractivity contribution is 5.91. The van der Waals surface area contributed by atoms with Crippen LogP contribution in [0.25, 0.3) is 10.9 Å². The van der Waals surface area contributed by atoms with Crippen molar-refractivity contribution in [2.24, 2.45) is 11.8 Å². The monoisotopic (exact) mass is 578 g/mol. The lowest BCUT2D eigenvalue weighted by molar-refractivity contribution is -0.141. The SMILES string of the molecule is CC(C)C[C@H](CC(=O)O)C(=O)N[C@@H](Cc1c[nH]c2ccccc12)C(=O)NCCCCCNC(=O)OCc1ccccc1. The van der Waals surface area contributed by atoms with Gasteiger partial charge in [-0.25, -0.2) is 4.79 Å². The number of rotatable bonds is 17. The molecule has 5 N–H and O–H groups in total. The molecule has 0 aliphatic carbocycles. The van der Waals surface area contributed by atoms with E-state index >= 15 is 0 Å². The fourth-order valence-electron chi connectivity index (χ4n) is 4.81. The number of hydrogen-bond donors (Lipinski definition) is 5. The second-order valence-corrected chi connectivity index (χ2v) is 10.9. The van der Waals surface area contributed by atoms with E-state index in [4.69, 9.17) is 4.74 Å². The van der Waals surface area contributed by atoms with E-state index in [1.54, 1.807) is 0 Å². The summed E-state index contributed by atoms with van der Waals surface area (Å²) >= 11 is 0. The van der Waals surface area contributed by atoms with E-state index in [0.717, 1.165) is 34.9 Å². The van der Waals surface area contributed by atoms with E-state index in [2.05, 4.69) is 20.9 Å². The van der Waals surface area contributed by atoms with E-state index in [0.29, 0.717) is 25.9 Å². The van der Waals surface area contributed by atoms with Crippen LogP contribution in [-0.2, 0) is 32.1 Å². The summed E-state index contributed by atoms with van der Waals surface area (Å²) in [6.45, 7) is 4.94. The number of benzene rings is 2. The molecule has 3 amide bonds. The van der Waals surface area contributed by atoms with Gasteiger partial charge in [-0.3, -0.25) is 14.4 Å². The summed E-state index contributed by atoms with van der Waals surface area (Å²) in [6, 6.07) is 16.3. The van der Waals surface area contributed by atoms with Gasteiger partial charge >= 0.3 is 12.1 Å². The number of carbonyl (C=O) groups excluding carboxylic acids is 3. The number of aromatic amines is 1. The zero-order chi connectivity index (χ0) is 30.3. The van der Waals surface area contributed by atoms with Crippen molar-refractivity contribution in [3.05, 3.63) is 71.9 Å². The molecule has 0 spiro atoms. The number of amides is 3. The van der Waals surface area contributed by atoms with Crippen molar-refractivity contribution < 1.29 is 29.0 Å². The summed E-state index contributed by atoms with van der Waals surface area (Å²) in [5.41, 5.74) is 2.73. The van der Waals surface area contributed by atoms with Gasteiger partial charge in [-0.2, -0.15) is 0 Å². The minimum absolute atomic E-state index is 0.126. The van der Waals surface area contributed by atoms with Crippen LogP contribution in [0.15, 0.2) is 60.8 Å². The number of alkyl carbamates (subject to hydrolysis) is 1. The highest BCUT2D eigenvalue weighted by Crippen LogP contribution is 2.20. The van der Waals surface area contributed by atoms with Gasteiger partial charge in [-0.05, 0) is 48.8 Å². The Morgan fingerprint density at radius 1 is 0.881 bits per heavy atom. The molecule has 42 heavy (non-hydrogen) atoms. The zero-order valence-corrected chi connectivity index (χ0v) is 24.4. The summed E-state index contributed by atoms with van der Waals surface area (Å²) in [7, 11) is 0. The topological polar surface area (TPSA) is 150 Å². The van der Waals surface area contributed by atoms with Crippen LogP contribution in [0, 0.1) is 11.8 Å². The van der Waals surface area contributed by atoms with Crippen molar-refractivity contribution in [2.75, 3.05) is 13.1 Å². The van der Waals surface area contributed by atoms with E-state index < -0.39 is 29.9 Å². The Labute approximate surface area is 246 Å². The molecule has 1 heterocycles. The molecule has 0 unspecified atom stereocenters. The first-order valence-electron chi connectivity index (χ1n) is 14.5. The number of hydrogen-bond acceptors (Lipinski definition) is 5. The highest BCUT2D eigenvalue weighted by atomic mass is 16.5. The average molecular weight is 579 g/mol. The molecule has 3 aromatic rings. The maximum atomic E-state index is 13.2. The Morgan fingerprint density at radius 3 is 2.29 bits per heavy atom. The number of para-hydroxylation sites is 1. The van der Waals surface area contributed by atoms with Crippen LogP contribution in [0.3, 0.4) is 0 Å². The summed E-state index contributed by atoms with van der Waals surface area (Å²) in [5, 5.41) is 18.8. The van der Waals surface area contributed by atoms with Gasteiger partial charge in [0.1, 0.15) is 12.6 Å². The second-order valence-electron chi connectivity index (χ2n) is 10.9. The maximum Gasteiger partial charge on any atom is 0.407 e. The Balaban J connectivity index is 1.49. The number of aliphatic carboxylic acids is 1. The fourth-order valence-corrected chi connectivity index (χ4v) is 4.81. The molecule has 2 atom stereocenters. The fraction of sp³-hybridized carbons (Fsp3) is 0.438. The zero-order valence-electron chi connectivity index (χ0n) is 24.4. The number of carbonyl (C=O) groups is 4. The van der Waals surface area contributed by atoms with Crippen molar-refractivity contribution in [2.45, 2.75) is 65.0 Å². The summed E-state index contributed by atoms with van der Waals surface area (Å²) in [4.78, 5) is 52.9. The number of nitrogens with one attached hydrogen (secondary N) is 4. The normalized spacial score (nSPS) is 12.5. The molecule has 226 valence electrons. The van der Waals surface area contributed by atoms with Gasteiger partial charge in [-0.15, -0.1) is 0 Å². The van der Waals surface area contributed by atoms with Crippen molar-refractivity contribution in [1.82, 2.24) is 20.9 Å². The predicted molar refractivity (Wildman–Crippen MR) is 161 cm³/mol. The van der Waals surface area contributed by atoms with Gasteiger partial charge in [0.2, 0.25) is 11.8 Å². The van der Waals surface area contributed by atoms with Crippen LogP contribution < -0.4 is 16.0 Å². The third-order valence-electron chi connectivity index (χ3n) is 6.91. The van der Waals surface area contributed by atoms with Gasteiger partial charge in [0.25, 0.3) is 0 Å². The highest BCUT2D eigenvalue weighted by Gasteiger charge is 2.28. The number of aromatic nitrogens is 1. The standard InChI is InChI=1S/C32H42N4O6/c1-22(2)17-24(19-29(37)38)30(39)36-28(18-25-20-35-27-14-8-7-13-26(25)27)31(40)33-15-9-4-10-16-34-32(41)42-21-23-11-5-3-6-12-23/h3,5-8,11-14,20,22,24,28,35H,4,9-10,15-19,21H2,1-2H3,(H,33,40)(H,34,41)(H,36,39)(H,37,38)/t24-,28+/m1/s1. The molecule has 0 bridgehead atoms. The quantitative estimate of drug-likeness (QED) is 0.148. The van der Waals surface area contributed by atoms with Gasteiger partial charge in [0.05, 0.1) is 6.42 Å². The Morgan fingerprint density at radius 2 is 1.57 bits per heavy atom. The van der Waals surface area contributed by atoms with E-state index in [9.17, 15) is 24.3 Å². The minimum atomic E-state index is -1.05. The molecule has 0 fully saturated rings. The molecule has 0 radical (unpaired) electrons. The molecule has 0 saturated carbocycles. The Bertz CT molecular complexity index is 1310. The molecular weight excluding hydrogens is 536 g/mol. The maximum absolute atomic E-state index is 13.2. The van der Waals surface area contributed by atoms with Crippen LogP contribution in [0.4, 0.5) is 4.79 Å². The van der Waals surface area contributed by atoms with Gasteiger partial charge in [0.15, 0.2) is 0 Å². The molecular formula is C32H42N4O6. The number of fused-ring (bicyclic) bond motifs is 1. The second kappa shape index (κ2) is 16.8. The number of ether oxygens (including phenoxy) is 1. The first-order chi connectivity index (χ1) is 20.2. The van der Waals surface area contributed by atoms with E-state index in [-0.39, 0.29) is 31.3 Å². The molecule has 1 aromatic heterocycles. The van der Waals surface area contributed by atoms with Gasteiger partial charge in [0, 0.05) is 42.5 Å². The smallest absolute Gasteiger partial charge is 0.407 e. The molecule has 0 saturated heterocycles. The molecule has 10 heteroatoms. The Hall–Kier alpha value is -4.34. The molecule has 0 aliphatic rings. The number of H-pyrrole nitrogens is 1. The molecule has 10 nitrogen and oxygen atoms in total. The van der Waals surface area contributed by atoms with Crippen molar-refractivity contribution in [3.8, 4) is 0 Å². The van der Waals surface area contributed by atoms with E-state index in [1.807, 2.05) is 74.6 Å². The van der Waals surface area contributed by atoms with Gasteiger partial charge in [-0.1, -0.05) is 62.4 Å². The van der Waals surface area contributed by atoms with Crippen LogP contribution >= 0.6 is 0 Å². The van der Waals surface area contributed by atoms with Crippen LogP contribution in [0.5, 0.6) is 0 Å². The van der Waals surface area contributed by atoms with Gasteiger partial charge < -0.3 is 30.8 Å².